The van der Waals surface area contributed by atoms with Crippen LogP contribution in [0.15, 0.2) is 35.7 Å². The van der Waals surface area contributed by atoms with E-state index >= 15 is 0 Å². The lowest BCUT2D eigenvalue weighted by atomic mass is 10.2. The van der Waals surface area contributed by atoms with Crippen molar-refractivity contribution in [2.75, 3.05) is 31.1 Å². The number of rotatable bonds is 3. The van der Waals surface area contributed by atoms with E-state index in [-0.39, 0.29) is 4.99 Å². The second-order valence-corrected chi connectivity index (χ2v) is 5.39. The lowest BCUT2D eigenvalue weighted by Gasteiger charge is -2.25. The third kappa shape index (κ3) is 3.70. The Morgan fingerprint density at radius 3 is 2.76 bits per heavy atom. The maximum absolute atomic E-state index is 9.18. The lowest BCUT2D eigenvalue weighted by molar-refractivity contribution is 0.369. The summed E-state index contributed by atoms with van der Waals surface area (Å²) >= 11 is 4.95. The average molecular weight is 301 g/mol. The van der Waals surface area contributed by atoms with Gasteiger partial charge in [0, 0.05) is 38.1 Å². The summed E-state index contributed by atoms with van der Waals surface area (Å²) in [5.74, 6) is 0.996. The molecule has 0 radical (unpaired) electrons. The molecule has 1 aromatic heterocycles. The first kappa shape index (κ1) is 15.3. The van der Waals surface area contributed by atoms with Crippen LogP contribution >= 0.6 is 12.2 Å². The molecule has 0 aromatic carbocycles. The maximum Gasteiger partial charge on any atom is 0.128 e. The third-order valence-electron chi connectivity index (χ3n) is 3.66. The fourth-order valence-electron chi connectivity index (χ4n) is 2.50. The zero-order chi connectivity index (χ0) is 15.2. The topological polar surface area (TPSA) is 69.2 Å². The Balaban J connectivity index is 2.11. The minimum atomic E-state index is 0.167. The molecule has 0 aliphatic carbocycles. The predicted octanol–water partition coefficient (Wildman–Crippen LogP) is 1.68. The van der Waals surface area contributed by atoms with Crippen LogP contribution in [0.3, 0.4) is 0 Å². The number of nitrogens with two attached hydrogens (primary N) is 1. The van der Waals surface area contributed by atoms with Gasteiger partial charge in [0.15, 0.2) is 0 Å². The van der Waals surface area contributed by atoms with Gasteiger partial charge in [-0.2, -0.15) is 5.26 Å². The van der Waals surface area contributed by atoms with E-state index in [4.69, 9.17) is 18.0 Å². The molecule has 1 aromatic rings. The van der Waals surface area contributed by atoms with Gasteiger partial charge in [0.1, 0.15) is 22.4 Å². The Hall–Kier alpha value is -2.13. The molecular weight excluding hydrogens is 282 g/mol. The molecule has 21 heavy (non-hydrogen) atoms. The predicted molar refractivity (Wildman–Crippen MR) is 87.7 cm³/mol. The molecule has 0 atom stereocenters. The summed E-state index contributed by atoms with van der Waals surface area (Å²) in [4.78, 5) is 9.01. The zero-order valence-corrected chi connectivity index (χ0v) is 12.9. The lowest BCUT2D eigenvalue weighted by Crippen LogP contribution is -2.31. The SMILES string of the molecule is CC(=C(C#N)C(N)=S)N1CCCN(c2ccccn2)CC1. The van der Waals surface area contributed by atoms with Crippen LogP contribution in [0.5, 0.6) is 0 Å². The molecule has 0 saturated carbocycles. The standard InChI is InChI=1S/C15H19N5S/c1-12(13(11-16)15(17)21)19-7-4-8-20(10-9-19)14-5-2-3-6-18-14/h2-3,5-6H,4,7-10H2,1H3,(H2,17,21). The van der Waals surface area contributed by atoms with E-state index in [2.05, 4.69) is 20.9 Å². The van der Waals surface area contributed by atoms with Crippen molar-refractivity contribution in [3.8, 4) is 6.07 Å². The first-order valence-electron chi connectivity index (χ1n) is 6.95. The molecule has 110 valence electrons. The number of aromatic nitrogens is 1. The summed E-state index contributed by atoms with van der Waals surface area (Å²) in [5, 5.41) is 9.18. The highest BCUT2D eigenvalue weighted by molar-refractivity contribution is 7.80. The highest BCUT2D eigenvalue weighted by Gasteiger charge is 2.18. The number of allylic oxidation sites excluding steroid dienone is 1. The molecule has 2 rings (SSSR count). The van der Waals surface area contributed by atoms with Crippen LogP contribution in [-0.4, -0.2) is 41.1 Å². The molecule has 1 aliphatic heterocycles. The molecule has 2 N–H and O–H groups in total. The summed E-state index contributed by atoms with van der Waals surface area (Å²) in [5.41, 5.74) is 6.90. The van der Waals surface area contributed by atoms with Crippen molar-refractivity contribution in [2.24, 2.45) is 5.73 Å². The van der Waals surface area contributed by atoms with Gasteiger partial charge in [-0.05, 0) is 25.5 Å². The molecule has 1 fully saturated rings. The molecule has 0 unspecified atom stereocenters. The summed E-state index contributed by atoms with van der Waals surface area (Å²) in [6, 6.07) is 8.04. The molecule has 0 amide bonds. The molecule has 1 saturated heterocycles. The highest BCUT2D eigenvalue weighted by atomic mass is 32.1. The second kappa shape index (κ2) is 7.04. The second-order valence-electron chi connectivity index (χ2n) is 4.95. The van der Waals surface area contributed by atoms with Crippen LogP contribution in [0, 0.1) is 11.3 Å². The van der Waals surface area contributed by atoms with Gasteiger partial charge in [0.25, 0.3) is 0 Å². The highest BCUT2D eigenvalue weighted by Crippen LogP contribution is 2.17. The van der Waals surface area contributed by atoms with Crippen molar-refractivity contribution in [3.63, 3.8) is 0 Å². The van der Waals surface area contributed by atoms with Crippen LogP contribution in [0.1, 0.15) is 13.3 Å². The van der Waals surface area contributed by atoms with E-state index in [1.807, 2.05) is 31.3 Å². The normalized spacial score (nSPS) is 16.8. The molecular formula is C15H19N5S. The Kier molecular flexibility index (Phi) is 5.12. The smallest absolute Gasteiger partial charge is 0.128 e. The Bertz CT molecular complexity index is 575. The molecule has 5 nitrogen and oxygen atoms in total. The number of nitriles is 1. The van der Waals surface area contributed by atoms with Gasteiger partial charge >= 0.3 is 0 Å². The van der Waals surface area contributed by atoms with Gasteiger partial charge < -0.3 is 15.5 Å². The van der Waals surface area contributed by atoms with Gasteiger partial charge in [-0.25, -0.2) is 4.98 Å². The van der Waals surface area contributed by atoms with Crippen LogP contribution in [0.25, 0.3) is 0 Å². The van der Waals surface area contributed by atoms with Crippen molar-refractivity contribution >= 4 is 23.0 Å². The van der Waals surface area contributed by atoms with Gasteiger partial charge in [-0.1, -0.05) is 18.3 Å². The third-order valence-corrected chi connectivity index (χ3v) is 3.87. The molecule has 6 heteroatoms. The van der Waals surface area contributed by atoms with Gasteiger partial charge in [0.05, 0.1) is 0 Å². The zero-order valence-electron chi connectivity index (χ0n) is 12.1. The van der Waals surface area contributed by atoms with Gasteiger partial charge in [0.2, 0.25) is 0 Å². The van der Waals surface area contributed by atoms with Crippen molar-refractivity contribution in [1.82, 2.24) is 9.88 Å². The van der Waals surface area contributed by atoms with Crippen LogP contribution in [0.2, 0.25) is 0 Å². The first-order valence-corrected chi connectivity index (χ1v) is 7.36. The largest absolute Gasteiger partial charge is 0.389 e. The number of hydrogen-bond acceptors (Lipinski definition) is 5. The summed E-state index contributed by atoms with van der Waals surface area (Å²) < 4.78 is 0. The van der Waals surface area contributed by atoms with Gasteiger partial charge in [-0.3, -0.25) is 0 Å². The quantitative estimate of drug-likeness (QED) is 0.520. The fraction of sp³-hybridized carbons (Fsp3) is 0.400. The van der Waals surface area contributed by atoms with Crippen molar-refractivity contribution in [1.29, 1.82) is 5.26 Å². The molecule has 0 bridgehead atoms. The maximum atomic E-state index is 9.18. The number of thiocarbonyl (C=S) groups is 1. The van der Waals surface area contributed by atoms with Gasteiger partial charge in [-0.15, -0.1) is 0 Å². The van der Waals surface area contributed by atoms with Crippen molar-refractivity contribution < 1.29 is 0 Å². The van der Waals surface area contributed by atoms with Crippen LogP contribution < -0.4 is 10.6 Å². The van der Waals surface area contributed by atoms with E-state index in [1.165, 1.54) is 0 Å². The summed E-state index contributed by atoms with van der Waals surface area (Å²) in [7, 11) is 0. The van der Waals surface area contributed by atoms with Crippen LogP contribution in [-0.2, 0) is 0 Å². The Morgan fingerprint density at radius 1 is 1.33 bits per heavy atom. The number of hydrogen-bond donors (Lipinski definition) is 1. The first-order chi connectivity index (χ1) is 10.1. The van der Waals surface area contributed by atoms with Crippen molar-refractivity contribution in [3.05, 3.63) is 35.7 Å². The van der Waals surface area contributed by atoms with Crippen molar-refractivity contribution in [2.45, 2.75) is 13.3 Å². The summed E-state index contributed by atoms with van der Waals surface area (Å²) in [6.45, 7) is 5.45. The Morgan fingerprint density at radius 2 is 2.14 bits per heavy atom. The molecule has 0 spiro atoms. The van der Waals surface area contributed by atoms with Crippen LogP contribution in [0.4, 0.5) is 5.82 Å². The molecule has 2 heterocycles. The van der Waals surface area contributed by atoms with E-state index in [1.54, 1.807) is 0 Å². The van der Waals surface area contributed by atoms with E-state index in [0.29, 0.717) is 5.57 Å². The van der Waals surface area contributed by atoms with E-state index in [9.17, 15) is 5.26 Å². The minimum Gasteiger partial charge on any atom is -0.389 e. The Labute approximate surface area is 130 Å². The average Bonchev–Trinajstić information content (AvgIpc) is 2.74. The molecule has 1 aliphatic rings. The van der Waals surface area contributed by atoms with E-state index in [0.717, 1.165) is 44.1 Å². The number of anilines is 1. The monoisotopic (exact) mass is 301 g/mol. The fourth-order valence-corrected chi connectivity index (χ4v) is 2.69. The van der Waals surface area contributed by atoms with E-state index < -0.39 is 0 Å². The summed E-state index contributed by atoms with van der Waals surface area (Å²) in [6.07, 6.45) is 2.81. The number of pyridine rings is 1. The number of nitrogens with zero attached hydrogens (tertiary/aromatic N) is 4. The minimum absolute atomic E-state index is 0.167.